The molecule has 0 aromatic carbocycles. The van der Waals surface area contributed by atoms with E-state index in [1.54, 1.807) is 42.1 Å². The van der Waals surface area contributed by atoms with Gasteiger partial charge in [-0.1, -0.05) is 0 Å². The molecule has 1 aliphatic carbocycles. The van der Waals surface area contributed by atoms with Crippen LogP contribution in [0.2, 0.25) is 0 Å². The van der Waals surface area contributed by atoms with Gasteiger partial charge in [0, 0.05) is 58.1 Å². The monoisotopic (exact) mass is 495 g/mol. The van der Waals surface area contributed by atoms with Gasteiger partial charge >= 0.3 is 11.7 Å². The maximum absolute atomic E-state index is 12.6. The minimum absolute atomic E-state index is 0.146. The standard InChI is InChI=1S/C24H33N9O3/c1-24(2,26)21(34)31-7-9-32(10-8-31)22(35)28-19-5-6-33(23(36)29-19)16-4-3-15(27-11-16)12-30-13-17-18(14-30)20(17)25/h3-6,11,17-18,20H,7-10,12-14,25-26H2,1-2H3,(H,28,29,35,36)/t17-,18+,20?. The number of likely N-dealkylation sites (tertiary alicyclic amines) is 1. The van der Waals surface area contributed by atoms with Crippen molar-refractivity contribution in [1.29, 1.82) is 0 Å². The number of rotatable bonds is 5. The second-order valence-electron chi connectivity index (χ2n) is 10.5. The lowest BCUT2D eigenvalue weighted by atomic mass is 10.1. The molecule has 192 valence electrons. The molecule has 12 nitrogen and oxygen atoms in total. The molecule has 5 rings (SSSR count). The first kappa shape index (κ1) is 24.3. The van der Waals surface area contributed by atoms with Crippen molar-refractivity contribution in [1.82, 2.24) is 29.2 Å². The van der Waals surface area contributed by atoms with Crippen LogP contribution in [0.4, 0.5) is 10.6 Å². The van der Waals surface area contributed by atoms with E-state index < -0.39 is 11.2 Å². The second-order valence-corrected chi connectivity index (χ2v) is 10.5. The molecule has 3 amide bonds. The number of carbonyl (C=O) groups is 2. The number of urea groups is 1. The van der Waals surface area contributed by atoms with Crippen molar-refractivity contribution in [3.05, 3.63) is 46.8 Å². The predicted octanol–water partition coefficient (Wildman–Crippen LogP) is -0.570. The summed E-state index contributed by atoms with van der Waals surface area (Å²) in [6, 6.07) is 5.33. The summed E-state index contributed by atoms with van der Waals surface area (Å²) in [5.41, 5.74) is 12.0. The smallest absolute Gasteiger partial charge is 0.338 e. The summed E-state index contributed by atoms with van der Waals surface area (Å²) in [4.78, 5) is 51.7. The Morgan fingerprint density at radius 3 is 2.33 bits per heavy atom. The van der Waals surface area contributed by atoms with Crippen LogP contribution in [0.1, 0.15) is 19.5 Å². The fraction of sp³-hybridized carbons (Fsp3) is 0.542. The van der Waals surface area contributed by atoms with Gasteiger partial charge in [-0.15, -0.1) is 0 Å². The van der Waals surface area contributed by atoms with Crippen LogP contribution < -0.4 is 22.5 Å². The van der Waals surface area contributed by atoms with Crippen LogP contribution in [-0.2, 0) is 11.3 Å². The fourth-order valence-electron chi connectivity index (χ4n) is 5.05. The zero-order valence-corrected chi connectivity index (χ0v) is 20.6. The number of aromatic nitrogens is 3. The van der Waals surface area contributed by atoms with E-state index in [2.05, 4.69) is 20.2 Å². The zero-order chi connectivity index (χ0) is 25.6. The van der Waals surface area contributed by atoms with E-state index in [1.807, 2.05) is 12.1 Å². The van der Waals surface area contributed by atoms with E-state index in [4.69, 9.17) is 11.5 Å². The van der Waals surface area contributed by atoms with Gasteiger partial charge in [-0.2, -0.15) is 4.98 Å². The molecule has 0 radical (unpaired) electrons. The Morgan fingerprint density at radius 1 is 1.08 bits per heavy atom. The van der Waals surface area contributed by atoms with Gasteiger partial charge in [0.25, 0.3) is 0 Å². The van der Waals surface area contributed by atoms with Crippen molar-refractivity contribution in [2.75, 3.05) is 44.6 Å². The Hall–Kier alpha value is -3.35. The maximum atomic E-state index is 12.6. The highest BCUT2D eigenvalue weighted by Gasteiger charge is 2.53. The van der Waals surface area contributed by atoms with Gasteiger partial charge in [0.05, 0.1) is 23.1 Å². The number of hydrogen-bond donors (Lipinski definition) is 3. The number of carbonyl (C=O) groups excluding carboxylic acids is 2. The topological polar surface area (TPSA) is 156 Å². The lowest BCUT2D eigenvalue weighted by Crippen LogP contribution is -2.58. The van der Waals surface area contributed by atoms with Gasteiger partial charge in [0.1, 0.15) is 5.82 Å². The van der Waals surface area contributed by atoms with Crippen LogP contribution in [0.25, 0.3) is 5.69 Å². The summed E-state index contributed by atoms with van der Waals surface area (Å²) in [5, 5.41) is 2.67. The Labute approximate surface area is 209 Å². The van der Waals surface area contributed by atoms with Crippen molar-refractivity contribution in [2.45, 2.75) is 32.0 Å². The summed E-state index contributed by atoms with van der Waals surface area (Å²) in [7, 11) is 0. The highest BCUT2D eigenvalue weighted by Crippen LogP contribution is 2.44. The van der Waals surface area contributed by atoms with Crippen LogP contribution >= 0.6 is 0 Å². The molecule has 36 heavy (non-hydrogen) atoms. The van der Waals surface area contributed by atoms with E-state index in [9.17, 15) is 14.4 Å². The van der Waals surface area contributed by atoms with Gasteiger partial charge in [0.15, 0.2) is 0 Å². The van der Waals surface area contributed by atoms with Crippen molar-refractivity contribution >= 4 is 17.8 Å². The highest BCUT2D eigenvalue weighted by atomic mass is 16.2. The van der Waals surface area contributed by atoms with Gasteiger partial charge in [-0.25, -0.2) is 9.59 Å². The number of hydrogen-bond acceptors (Lipinski definition) is 8. The third-order valence-corrected chi connectivity index (χ3v) is 7.25. The van der Waals surface area contributed by atoms with E-state index in [-0.39, 0.29) is 17.8 Å². The number of piperazine rings is 1. The molecule has 1 unspecified atom stereocenters. The summed E-state index contributed by atoms with van der Waals surface area (Å²) < 4.78 is 1.38. The SMILES string of the molecule is CC(C)(N)C(=O)N1CCN(C(=O)Nc2ccn(-c3ccc(CN4C[C@@H]5C(N)[C@@H]5C4)nc3)c(=O)n2)CC1. The molecule has 2 saturated heterocycles. The molecule has 2 aromatic rings. The molecule has 2 aromatic heterocycles. The highest BCUT2D eigenvalue weighted by molar-refractivity contribution is 5.89. The molecular formula is C24H33N9O3. The Bertz CT molecular complexity index is 1190. The first-order valence-corrected chi connectivity index (χ1v) is 12.3. The Morgan fingerprint density at radius 2 is 1.75 bits per heavy atom. The number of piperidine rings is 1. The quantitative estimate of drug-likeness (QED) is 0.498. The summed E-state index contributed by atoms with van der Waals surface area (Å²) >= 11 is 0. The van der Waals surface area contributed by atoms with Crippen LogP contribution in [0.15, 0.2) is 35.4 Å². The fourth-order valence-corrected chi connectivity index (χ4v) is 5.05. The number of pyridine rings is 1. The molecule has 2 aliphatic heterocycles. The lowest BCUT2D eigenvalue weighted by Gasteiger charge is -2.37. The number of fused-ring (bicyclic) bond motifs is 1. The number of amides is 3. The summed E-state index contributed by atoms with van der Waals surface area (Å²) in [6.07, 6.45) is 3.22. The number of nitrogens with zero attached hydrogens (tertiary/aromatic N) is 6. The third kappa shape index (κ3) is 4.97. The van der Waals surface area contributed by atoms with Gasteiger partial charge in [-0.3, -0.25) is 24.6 Å². The van der Waals surface area contributed by atoms with Crippen LogP contribution in [0.3, 0.4) is 0 Å². The molecule has 5 N–H and O–H groups in total. The minimum Gasteiger partial charge on any atom is -0.338 e. The summed E-state index contributed by atoms with van der Waals surface area (Å²) in [5.74, 6) is 1.28. The van der Waals surface area contributed by atoms with Crippen molar-refractivity contribution < 1.29 is 9.59 Å². The van der Waals surface area contributed by atoms with E-state index >= 15 is 0 Å². The molecule has 0 spiro atoms. The third-order valence-electron chi connectivity index (χ3n) is 7.25. The zero-order valence-electron chi connectivity index (χ0n) is 20.6. The Kier molecular flexibility index (Phi) is 6.27. The summed E-state index contributed by atoms with van der Waals surface area (Å²) in [6.45, 7) is 7.68. The first-order valence-electron chi connectivity index (χ1n) is 12.3. The van der Waals surface area contributed by atoms with Gasteiger partial charge < -0.3 is 21.3 Å². The molecule has 3 aliphatic rings. The molecule has 4 heterocycles. The second kappa shape index (κ2) is 9.26. The first-order chi connectivity index (χ1) is 17.1. The Balaban J connectivity index is 1.15. The molecule has 3 fully saturated rings. The number of anilines is 1. The lowest BCUT2D eigenvalue weighted by molar-refractivity contribution is -0.137. The minimum atomic E-state index is -0.947. The average Bonchev–Trinajstić information content (AvgIpc) is 3.23. The normalized spacial score (nSPS) is 23.9. The van der Waals surface area contributed by atoms with Crippen molar-refractivity contribution in [2.24, 2.45) is 23.3 Å². The largest absolute Gasteiger partial charge is 0.354 e. The average molecular weight is 496 g/mol. The molecule has 0 bridgehead atoms. The van der Waals surface area contributed by atoms with Crippen molar-refractivity contribution in [3.8, 4) is 5.69 Å². The number of nitrogens with two attached hydrogens (primary N) is 2. The van der Waals surface area contributed by atoms with E-state index in [0.29, 0.717) is 49.7 Å². The molecular weight excluding hydrogens is 462 g/mol. The van der Waals surface area contributed by atoms with Gasteiger partial charge in [-0.05, 0) is 43.9 Å². The van der Waals surface area contributed by atoms with Gasteiger partial charge in [0.2, 0.25) is 5.91 Å². The van der Waals surface area contributed by atoms with Crippen LogP contribution in [0, 0.1) is 11.8 Å². The van der Waals surface area contributed by atoms with Crippen LogP contribution in [0.5, 0.6) is 0 Å². The van der Waals surface area contributed by atoms with E-state index in [0.717, 1.165) is 25.3 Å². The van der Waals surface area contributed by atoms with E-state index in [1.165, 1.54) is 4.57 Å². The molecule has 12 heteroatoms. The maximum Gasteiger partial charge on any atom is 0.354 e. The number of nitrogens with one attached hydrogen (secondary N) is 1. The molecule has 3 atom stereocenters. The van der Waals surface area contributed by atoms with Crippen molar-refractivity contribution in [3.63, 3.8) is 0 Å². The predicted molar refractivity (Wildman–Crippen MR) is 133 cm³/mol. The van der Waals surface area contributed by atoms with Crippen LogP contribution in [-0.4, -0.2) is 92.0 Å². The molecule has 1 saturated carbocycles.